The third kappa shape index (κ3) is 4.72. The van der Waals surface area contributed by atoms with Crippen LogP contribution < -0.4 is 9.46 Å². The molecule has 4 aromatic rings. The van der Waals surface area contributed by atoms with E-state index >= 15 is 0 Å². The van der Waals surface area contributed by atoms with Gasteiger partial charge >= 0.3 is 0 Å². The van der Waals surface area contributed by atoms with Crippen LogP contribution in [0.5, 0.6) is 11.6 Å². The summed E-state index contributed by atoms with van der Waals surface area (Å²) in [7, 11) is -2.35. The van der Waals surface area contributed by atoms with Crippen molar-refractivity contribution in [3.63, 3.8) is 0 Å². The van der Waals surface area contributed by atoms with Gasteiger partial charge in [-0.05, 0) is 42.0 Å². The summed E-state index contributed by atoms with van der Waals surface area (Å²) < 4.78 is 33.3. The maximum atomic E-state index is 12.9. The molecule has 11 nitrogen and oxygen atoms in total. The smallest absolute Gasteiger partial charge is 0.296 e. The number of aromatic amines is 1. The number of ether oxygens (including phenoxy) is 1. The molecule has 0 atom stereocenters. The lowest BCUT2D eigenvalue weighted by Gasteiger charge is -2.08. The lowest BCUT2D eigenvalue weighted by atomic mass is 10.2. The highest BCUT2D eigenvalue weighted by atomic mass is 32.2. The van der Waals surface area contributed by atoms with E-state index in [-0.39, 0.29) is 39.8 Å². The Balaban J connectivity index is 1.63. The molecule has 0 aliphatic rings. The molecule has 0 aliphatic heterocycles. The minimum atomic E-state index is -3.90. The summed E-state index contributed by atoms with van der Waals surface area (Å²) in [5.74, 6) is 0.310. The molecule has 3 aromatic carbocycles. The maximum absolute atomic E-state index is 12.9. The second-order valence-corrected chi connectivity index (χ2v) is 8.92. The summed E-state index contributed by atoms with van der Waals surface area (Å²) >= 11 is 0. The van der Waals surface area contributed by atoms with Crippen molar-refractivity contribution in [1.82, 2.24) is 9.71 Å². The van der Waals surface area contributed by atoms with Gasteiger partial charge < -0.3 is 14.8 Å². The zero-order valence-corrected chi connectivity index (χ0v) is 18.6. The molecule has 0 fully saturated rings. The van der Waals surface area contributed by atoms with Crippen molar-refractivity contribution in [2.24, 2.45) is 10.2 Å². The van der Waals surface area contributed by atoms with E-state index < -0.39 is 14.9 Å². The fourth-order valence-electron chi connectivity index (χ4n) is 3.22. The molecule has 0 saturated heterocycles. The van der Waals surface area contributed by atoms with Crippen LogP contribution in [-0.2, 0) is 16.6 Å². The summed E-state index contributed by atoms with van der Waals surface area (Å²) in [6.45, 7) is 0.0625. The summed E-state index contributed by atoms with van der Waals surface area (Å²) in [6, 6.07) is 16.9. The van der Waals surface area contributed by atoms with E-state index in [1.165, 1.54) is 36.4 Å². The monoisotopic (exact) mass is 481 g/mol. The summed E-state index contributed by atoms with van der Waals surface area (Å²) in [5.41, 5.74) is 0.856. The van der Waals surface area contributed by atoms with Gasteiger partial charge in [0.2, 0.25) is 15.9 Å². The first-order valence-corrected chi connectivity index (χ1v) is 11.4. The Kier molecular flexibility index (Phi) is 6.25. The number of methoxy groups -OCH3 is 1. The highest BCUT2D eigenvalue weighted by molar-refractivity contribution is 7.89. The predicted molar refractivity (Wildman–Crippen MR) is 124 cm³/mol. The number of para-hydroxylation sites is 1. The van der Waals surface area contributed by atoms with E-state index in [1.807, 2.05) is 0 Å². The van der Waals surface area contributed by atoms with E-state index in [4.69, 9.17) is 4.74 Å². The van der Waals surface area contributed by atoms with Crippen LogP contribution in [0.3, 0.4) is 0 Å². The van der Waals surface area contributed by atoms with E-state index in [1.54, 1.807) is 37.4 Å². The maximum Gasteiger partial charge on any atom is 0.296 e. The van der Waals surface area contributed by atoms with E-state index in [0.29, 0.717) is 11.3 Å². The Bertz CT molecular complexity index is 1500. The minimum absolute atomic E-state index is 0.00816. The number of rotatable bonds is 8. The summed E-state index contributed by atoms with van der Waals surface area (Å²) in [5, 5.41) is 29.6. The lowest BCUT2D eigenvalue weighted by Crippen LogP contribution is -2.23. The van der Waals surface area contributed by atoms with Gasteiger partial charge in [0.1, 0.15) is 5.75 Å². The predicted octanol–water partition coefficient (Wildman–Crippen LogP) is 4.68. The van der Waals surface area contributed by atoms with Gasteiger partial charge in [-0.1, -0.05) is 24.3 Å². The number of hydrogen-bond acceptors (Lipinski definition) is 8. The molecular weight excluding hydrogens is 462 g/mol. The quantitative estimate of drug-likeness (QED) is 0.188. The van der Waals surface area contributed by atoms with Gasteiger partial charge in [-0.15, -0.1) is 10.2 Å². The molecule has 1 aromatic heterocycles. The van der Waals surface area contributed by atoms with Gasteiger partial charge in [-0.25, -0.2) is 13.1 Å². The van der Waals surface area contributed by atoms with E-state index in [9.17, 15) is 23.6 Å². The molecule has 0 aliphatic carbocycles. The molecule has 34 heavy (non-hydrogen) atoms. The van der Waals surface area contributed by atoms with Crippen molar-refractivity contribution >= 4 is 38.0 Å². The topological polar surface area (TPSA) is 159 Å². The summed E-state index contributed by atoms with van der Waals surface area (Å²) in [4.78, 5) is 13.2. The summed E-state index contributed by atoms with van der Waals surface area (Å²) in [6.07, 6.45) is 0. The van der Waals surface area contributed by atoms with Crippen LogP contribution in [0.15, 0.2) is 81.9 Å². The number of nitrogens with zero attached hydrogens (tertiary/aromatic N) is 3. The van der Waals surface area contributed by atoms with Gasteiger partial charge in [-0.2, -0.15) is 0 Å². The molecule has 12 heteroatoms. The molecule has 0 unspecified atom stereocenters. The van der Waals surface area contributed by atoms with E-state index in [0.717, 1.165) is 5.56 Å². The molecule has 0 bridgehead atoms. The number of nitro groups is 1. The van der Waals surface area contributed by atoms with Crippen LogP contribution in [0.2, 0.25) is 0 Å². The van der Waals surface area contributed by atoms with Crippen molar-refractivity contribution < 1.29 is 23.2 Å². The highest BCUT2D eigenvalue weighted by Crippen LogP contribution is 2.38. The zero-order valence-electron chi connectivity index (χ0n) is 17.8. The van der Waals surface area contributed by atoms with Crippen LogP contribution in [0.25, 0.3) is 10.9 Å². The van der Waals surface area contributed by atoms with Crippen LogP contribution in [-0.4, -0.2) is 30.5 Å². The van der Waals surface area contributed by atoms with Crippen molar-refractivity contribution in [2.45, 2.75) is 11.4 Å². The standard InChI is InChI=1S/C22H19N5O6S/c1-33-15-8-6-14(7-9-15)13-23-34(31,32)16-10-11-18-17(12-16)21(22(28)24-18)26-25-19-4-2-3-5-20(19)27(29)30/h2-12,23-24,28H,13H2,1H3. The number of sulfonamides is 1. The molecule has 0 radical (unpaired) electrons. The molecule has 0 spiro atoms. The first kappa shape index (κ1) is 22.9. The molecular formula is C22H19N5O6S. The number of nitrogens with one attached hydrogen (secondary N) is 2. The van der Waals surface area contributed by atoms with Crippen LogP contribution in [0.4, 0.5) is 17.1 Å². The number of aromatic nitrogens is 1. The van der Waals surface area contributed by atoms with Gasteiger partial charge in [0.15, 0.2) is 11.4 Å². The number of benzene rings is 3. The Morgan fingerprint density at radius 1 is 1.09 bits per heavy atom. The molecule has 174 valence electrons. The number of fused-ring (bicyclic) bond motifs is 1. The average molecular weight is 481 g/mol. The first-order valence-electron chi connectivity index (χ1n) is 9.91. The van der Waals surface area contributed by atoms with Gasteiger partial charge in [0.05, 0.1) is 22.4 Å². The Morgan fingerprint density at radius 3 is 2.53 bits per heavy atom. The normalized spacial score (nSPS) is 11.8. The third-order valence-electron chi connectivity index (χ3n) is 5.00. The van der Waals surface area contributed by atoms with Crippen LogP contribution in [0.1, 0.15) is 5.56 Å². The number of hydrogen-bond donors (Lipinski definition) is 3. The van der Waals surface area contributed by atoms with Crippen molar-refractivity contribution in [1.29, 1.82) is 0 Å². The van der Waals surface area contributed by atoms with Crippen molar-refractivity contribution in [2.75, 3.05) is 7.11 Å². The van der Waals surface area contributed by atoms with E-state index in [2.05, 4.69) is 19.9 Å². The van der Waals surface area contributed by atoms with Crippen LogP contribution >= 0.6 is 0 Å². The minimum Gasteiger partial charge on any atom is -0.497 e. The Morgan fingerprint density at radius 2 is 1.82 bits per heavy atom. The second-order valence-electron chi connectivity index (χ2n) is 7.15. The highest BCUT2D eigenvalue weighted by Gasteiger charge is 2.19. The van der Waals surface area contributed by atoms with Gasteiger partial charge in [0.25, 0.3) is 5.69 Å². The fourth-order valence-corrected chi connectivity index (χ4v) is 4.27. The largest absolute Gasteiger partial charge is 0.497 e. The fraction of sp³-hybridized carbons (Fsp3) is 0.0909. The second kappa shape index (κ2) is 9.29. The third-order valence-corrected chi connectivity index (χ3v) is 6.39. The van der Waals surface area contributed by atoms with Gasteiger partial charge in [-0.3, -0.25) is 10.1 Å². The zero-order chi connectivity index (χ0) is 24.3. The molecule has 4 rings (SSSR count). The molecule has 3 N–H and O–H groups in total. The number of aromatic hydroxyl groups is 1. The van der Waals surface area contributed by atoms with Crippen molar-refractivity contribution in [3.05, 3.63) is 82.4 Å². The average Bonchev–Trinajstić information content (AvgIpc) is 3.16. The molecule has 0 saturated carbocycles. The molecule has 0 amide bonds. The SMILES string of the molecule is COc1ccc(CNS(=O)(=O)c2ccc3[nH]c(O)c(N=Nc4ccccc4[N+](=O)[O-])c3c2)cc1. The number of nitro benzene ring substituents is 1. The Labute approximate surface area is 193 Å². The lowest BCUT2D eigenvalue weighted by molar-refractivity contribution is -0.384. The Hall–Kier alpha value is -4.29. The van der Waals surface area contributed by atoms with Crippen molar-refractivity contribution in [3.8, 4) is 11.6 Å². The molecule has 1 heterocycles. The van der Waals surface area contributed by atoms with Gasteiger partial charge in [0, 0.05) is 18.0 Å². The van der Waals surface area contributed by atoms with Crippen LogP contribution in [0, 0.1) is 10.1 Å². The number of H-pyrrole nitrogens is 1. The first-order chi connectivity index (χ1) is 16.3. The number of azo groups is 1.